The van der Waals surface area contributed by atoms with Crippen molar-refractivity contribution in [1.29, 1.82) is 0 Å². The first-order valence-electron chi connectivity index (χ1n) is 7.49. The Labute approximate surface area is 134 Å². The normalized spacial score (nSPS) is 15.3. The molecule has 2 nitrogen and oxygen atoms in total. The number of likely N-dealkylation sites (tertiary alicyclic amines) is 1. The highest BCUT2D eigenvalue weighted by molar-refractivity contribution is 9.10. The molecule has 0 N–H and O–H groups in total. The topological polar surface area (TPSA) is 12.5 Å². The summed E-state index contributed by atoms with van der Waals surface area (Å²) in [5.74, 6) is 0.913. The van der Waals surface area contributed by atoms with Crippen LogP contribution in [0.5, 0.6) is 5.75 Å². The SMILES string of the molecule is Brc1cc(OCc2ccccc2)ccc1CN1CCCC1. The van der Waals surface area contributed by atoms with Gasteiger partial charge in [-0.15, -0.1) is 0 Å². The van der Waals surface area contributed by atoms with Crippen molar-refractivity contribution in [3.8, 4) is 5.75 Å². The molecule has 0 saturated carbocycles. The fourth-order valence-corrected chi connectivity index (χ4v) is 3.15. The molecule has 1 fully saturated rings. The van der Waals surface area contributed by atoms with E-state index in [0.717, 1.165) is 16.8 Å². The van der Waals surface area contributed by atoms with Crippen LogP contribution in [0.2, 0.25) is 0 Å². The largest absolute Gasteiger partial charge is 0.489 e. The fourth-order valence-electron chi connectivity index (χ4n) is 2.67. The molecule has 1 heterocycles. The predicted molar refractivity (Wildman–Crippen MR) is 89.4 cm³/mol. The van der Waals surface area contributed by atoms with Crippen LogP contribution in [-0.4, -0.2) is 18.0 Å². The Morgan fingerprint density at radius 2 is 1.76 bits per heavy atom. The van der Waals surface area contributed by atoms with Crippen LogP contribution in [0.3, 0.4) is 0 Å². The molecule has 2 aromatic rings. The van der Waals surface area contributed by atoms with Gasteiger partial charge in [-0.2, -0.15) is 0 Å². The van der Waals surface area contributed by atoms with Crippen LogP contribution in [0.4, 0.5) is 0 Å². The van der Waals surface area contributed by atoms with Crippen molar-refractivity contribution < 1.29 is 4.74 Å². The van der Waals surface area contributed by atoms with Gasteiger partial charge in [0.2, 0.25) is 0 Å². The van der Waals surface area contributed by atoms with E-state index in [1.54, 1.807) is 0 Å². The van der Waals surface area contributed by atoms with E-state index in [4.69, 9.17) is 4.74 Å². The van der Waals surface area contributed by atoms with Crippen LogP contribution >= 0.6 is 15.9 Å². The Kier molecular flexibility index (Phi) is 4.94. The van der Waals surface area contributed by atoms with Crippen LogP contribution in [0.1, 0.15) is 24.0 Å². The third-order valence-electron chi connectivity index (χ3n) is 3.87. The summed E-state index contributed by atoms with van der Waals surface area (Å²) in [5.41, 5.74) is 2.53. The van der Waals surface area contributed by atoms with E-state index in [-0.39, 0.29) is 0 Å². The van der Waals surface area contributed by atoms with Gasteiger partial charge in [0.1, 0.15) is 12.4 Å². The molecule has 0 unspecified atom stereocenters. The van der Waals surface area contributed by atoms with Gasteiger partial charge in [0, 0.05) is 11.0 Å². The van der Waals surface area contributed by atoms with Gasteiger partial charge in [0.25, 0.3) is 0 Å². The molecule has 0 bridgehead atoms. The molecule has 0 aromatic heterocycles. The summed E-state index contributed by atoms with van der Waals surface area (Å²) in [4.78, 5) is 2.50. The molecule has 3 rings (SSSR count). The highest BCUT2D eigenvalue weighted by Crippen LogP contribution is 2.26. The van der Waals surface area contributed by atoms with Crippen molar-refractivity contribution in [3.63, 3.8) is 0 Å². The van der Waals surface area contributed by atoms with Gasteiger partial charge in [-0.05, 0) is 49.2 Å². The minimum absolute atomic E-state index is 0.610. The Balaban J connectivity index is 1.60. The molecular weight excluding hydrogens is 326 g/mol. The lowest BCUT2D eigenvalue weighted by Gasteiger charge is -2.16. The van der Waals surface area contributed by atoms with Crippen LogP contribution in [0, 0.1) is 0 Å². The first-order chi connectivity index (χ1) is 10.3. The molecule has 2 aromatic carbocycles. The third kappa shape index (κ3) is 4.08. The fraction of sp³-hybridized carbons (Fsp3) is 0.333. The summed E-state index contributed by atoms with van der Waals surface area (Å²) in [6, 6.07) is 16.6. The van der Waals surface area contributed by atoms with Crippen molar-refractivity contribution in [1.82, 2.24) is 4.90 Å². The lowest BCUT2D eigenvalue weighted by molar-refractivity contribution is 0.305. The van der Waals surface area contributed by atoms with Gasteiger partial charge in [-0.3, -0.25) is 4.90 Å². The number of ether oxygens (including phenoxy) is 1. The second kappa shape index (κ2) is 7.10. The smallest absolute Gasteiger partial charge is 0.120 e. The highest BCUT2D eigenvalue weighted by atomic mass is 79.9. The van der Waals surface area contributed by atoms with Crippen molar-refractivity contribution in [3.05, 3.63) is 64.1 Å². The molecular formula is C18H20BrNO. The van der Waals surface area contributed by atoms with Gasteiger partial charge in [-0.1, -0.05) is 52.3 Å². The number of rotatable bonds is 5. The lowest BCUT2D eigenvalue weighted by Crippen LogP contribution is -2.18. The first-order valence-corrected chi connectivity index (χ1v) is 8.28. The van der Waals surface area contributed by atoms with Gasteiger partial charge in [-0.25, -0.2) is 0 Å². The summed E-state index contributed by atoms with van der Waals surface area (Å²) >= 11 is 3.67. The molecule has 1 aliphatic rings. The van der Waals surface area contributed by atoms with Gasteiger partial charge < -0.3 is 4.74 Å². The molecule has 0 atom stereocenters. The molecule has 0 aliphatic carbocycles. The zero-order valence-corrected chi connectivity index (χ0v) is 13.7. The quantitative estimate of drug-likeness (QED) is 0.783. The zero-order chi connectivity index (χ0) is 14.5. The molecule has 0 amide bonds. The average molecular weight is 346 g/mol. The number of nitrogens with zero attached hydrogens (tertiary/aromatic N) is 1. The molecule has 110 valence electrons. The monoisotopic (exact) mass is 345 g/mol. The van der Waals surface area contributed by atoms with E-state index in [2.05, 4.69) is 51.2 Å². The second-order valence-electron chi connectivity index (χ2n) is 5.51. The Morgan fingerprint density at radius 3 is 2.48 bits per heavy atom. The summed E-state index contributed by atoms with van der Waals surface area (Å²) in [6.45, 7) is 4.08. The van der Waals surface area contributed by atoms with Gasteiger partial charge in [0.15, 0.2) is 0 Å². The second-order valence-corrected chi connectivity index (χ2v) is 6.37. The Bertz CT molecular complexity index is 579. The van der Waals surface area contributed by atoms with E-state index in [9.17, 15) is 0 Å². The number of benzene rings is 2. The summed E-state index contributed by atoms with van der Waals surface area (Å²) in [6.07, 6.45) is 2.66. The molecule has 21 heavy (non-hydrogen) atoms. The molecule has 0 spiro atoms. The summed E-state index contributed by atoms with van der Waals surface area (Å²) in [7, 11) is 0. The van der Waals surface area contributed by atoms with Crippen molar-refractivity contribution in [2.24, 2.45) is 0 Å². The maximum Gasteiger partial charge on any atom is 0.120 e. The Morgan fingerprint density at radius 1 is 1.00 bits per heavy atom. The molecule has 1 saturated heterocycles. The van der Waals surface area contributed by atoms with Crippen molar-refractivity contribution in [2.45, 2.75) is 26.0 Å². The zero-order valence-electron chi connectivity index (χ0n) is 12.1. The molecule has 1 aliphatic heterocycles. The van der Waals surface area contributed by atoms with E-state index in [1.165, 1.54) is 37.1 Å². The first kappa shape index (κ1) is 14.6. The maximum absolute atomic E-state index is 5.85. The van der Waals surface area contributed by atoms with Gasteiger partial charge >= 0.3 is 0 Å². The summed E-state index contributed by atoms with van der Waals surface area (Å²) < 4.78 is 6.99. The number of hydrogen-bond donors (Lipinski definition) is 0. The van der Waals surface area contributed by atoms with Crippen LogP contribution in [0.15, 0.2) is 53.0 Å². The predicted octanol–water partition coefficient (Wildman–Crippen LogP) is 4.62. The summed E-state index contributed by atoms with van der Waals surface area (Å²) in [5, 5.41) is 0. The van der Waals surface area contributed by atoms with Crippen LogP contribution in [0.25, 0.3) is 0 Å². The minimum Gasteiger partial charge on any atom is -0.489 e. The van der Waals surface area contributed by atoms with Crippen LogP contribution < -0.4 is 4.74 Å². The molecule has 3 heteroatoms. The van der Waals surface area contributed by atoms with Gasteiger partial charge in [0.05, 0.1) is 0 Å². The van der Waals surface area contributed by atoms with Crippen molar-refractivity contribution in [2.75, 3.05) is 13.1 Å². The van der Waals surface area contributed by atoms with Crippen LogP contribution in [-0.2, 0) is 13.2 Å². The van der Waals surface area contributed by atoms with E-state index in [1.807, 2.05) is 18.2 Å². The Hall–Kier alpha value is -1.32. The number of halogens is 1. The van der Waals surface area contributed by atoms with E-state index in [0.29, 0.717) is 6.61 Å². The average Bonchev–Trinajstić information content (AvgIpc) is 3.02. The van der Waals surface area contributed by atoms with E-state index < -0.39 is 0 Å². The maximum atomic E-state index is 5.85. The lowest BCUT2D eigenvalue weighted by atomic mass is 10.2. The molecule has 0 radical (unpaired) electrons. The third-order valence-corrected chi connectivity index (χ3v) is 4.60. The van der Waals surface area contributed by atoms with Crippen molar-refractivity contribution >= 4 is 15.9 Å². The van der Waals surface area contributed by atoms with E-state index >= 15 is 0 Å². The highest BCUT2D eigenvalue weighted by Gasteiger charge is 2.13. The number of hydrogen-bond acceptors (Lipinski definition) is 2. The standard InChI is InChI=1S/C18H20BrNO/c19-18-12-17(21-14-15-6-2-1-3-7-15)9-8-16(18)13-20-10-4-5-11-20/h1-3,6-9,12H,4-5,10-11,13-14H2. The minimum atomic E-state index is 0.610.